The Labute approximate surface area is 114 Å². The molecule has 0 amide bonds. The third-order valence-corrected chi connectivity index (χ3v) is 4.05. The van der Waals surface area contributed by atoms with Gasteiger partial charge in [-0.3, -0.25) is 4.98 Å². The largest absolute Gasteiger partial charge is 0.382 e. The number of aromatic nitrogens is 1. The van der Waals surface area contributed by atoms with Crippen LogP contribution >= 0.6 is 0 Å². The quantitative estimate of drug-likeness (QED) is 0.912. The van der Waals surface area contributed by atoms with E-state index in [2.05, 4.69) is 41.5 Å². The van der Waals surface area contributed by atoms with E-state index in [1.807, 2.05) is 6.20 Å². The number of methoxy groups -OCH3 is 1. The zero-order valence-corrected chi connectivity index (χ0v) is 11.5. The topological polar surface area (TPSA) is 34.1 Å². The molecule has 1 aliphatic carbocycles. The molecule has 2 unspecified atom stereocenters. The van der Waals surface area contributed by atoms with Crippen LogP contribution in [0.2, 0.25) is 0 Å². The Morgan fingerprint density at radius 2 is 2.16 bits per heavy atom. The lowest BCUT2D eigenvalue weighted by Gasteiger charge is -2.16. The molecule has 100 valence electrons. The Bertz CT molecular complexity index is 582. The van der Waals surface area contributed by atoms with Crippen molar-refractivity contribution in [3.8, 4) is 0 Å². The lowest BCUT2D eigenvalue weighted by molar-refractivity contribution is 0.108. The molecule has 0 spiro atoms. The molecule has 3 nitrogen and oxygen atoms in total. The normalized spacial score (nSPS) is 22.8. The van der Waals surface area contributed by atoms with Crippen molar-refractivity contribution in [2.75, 3.05) is 12.4 Å². The van der Waals surface area contributed by atoms with E-state index in [1.165, 1.54) is 23.1 Å². The standard InChI is InChI=1S/C16H20N2O/c1-11-4-3-5-14-15(8-9-17-16(11)14)18-12-6-7-13(10-12)19-2/h3-5,8-9,12-13H,6-7,10H2,1-2H3,(H,17,18). The second-order valence-electron chi connectivity index (χ2n) is 5.34. The van der Waals surface area contributed by atoms with Crippen molar-refractivity contribution in [3.05, 3.63) is 36.0 Å². The highest BCUT2D eigenvalue weighted by Gasteiger charge is 2.24. The molecule has 1 aromatic heterocycles. The lowest BCUT2D eigenvalue weighted by Crippen LogP contribution is -2.17. The number of fused-ring (bicyclic) bond motifs is 1. The third kappa shape index (κ3) is 2.43. The summed E-state index contributed by atoms with van der Waals surface area (Å²) < 4.78 is 5.43. The van der Waals surface area contributed by atoms with Crippen LogP contribution in [0, 0.1) is 6.92 Å². The maximum Gasteiger partial charge on any atom is 0.0751 e. The number of para-hydroxylation sites is 1. The van der Waals surface area contributed by atoms with Crippen molar-refractivity contribution in [2.24, 2.45) is 0 Å². The maximum absolute atomic E-state index is 5.43. The molecule has 0 aliphatic heterocycles. The highest BCUT2D eigenvalue weighted by atomic mass is 16.5. The van der Waals surface area contributed by atoms with E-state index in [0.717, 1.165) is 18.4 Å². The summed E-state index contributed by atoms with van der Waals surface area (Å²) >= 11 is 0. The first-order valence-corrected chi connectivity index (χ1v) is 6.91. The fourth-order valence-electron chi connectivity index (χ4n) is 2.95. The maximum atomic E-state index is 5.43. The van der Waals surface area contributed by atoms with E-state index in [0.29, 0.717) is 12.1 Å². The summed E-state index contributed by atoms with van der Waals surface area (Å²) in [6, 6.07) is 8.92. The second-order valence-corrected chi connectivity index (χ2v) is 5.34. The highest BCUT2D eigenvalue weighted by molar-refractivity contribution is 5.92. The highest BCUT2D eigenvalue weighted by Crippen LogP contribution is 2.29. The molecule has 1 N–H and O–H groups in total. The summed E-state index contributed by atoms with van der Waals surface area (Å²) in [4.78, 5) is 4.48. The van der Waals surface area contributed by atoms with Crippen LogP contribution in [-0.2, 0) is 4.74 Å². The molecule has 1 aromatic carbocycles. The number of aryl methyl sites for hydroxylation is 1. The minimum atomic E-state index is 0.410. The summed E-state index contributed by atoms with van der Waals surface area (Å²) in [6.45, 7) is 2.11. The SMILES string of the molecule is COC1CCC(Nc2ccnc3c(C)cccc23)C1. The van der Waals surface area contributed by atoms with Gasteiger partial charge in [-0.1, -0.05) is 18.2 Å². The molecular weight excluding hydrogens is 236 g/mol. The van der Waals surface area contributed by atoms with Gasteiger partial charge in [-0.15, -0.1) is 0 Å². The molecule has 1 aliphatic rings. The smallest absolute Gasteiger partial charge is 0.0751 e. The van der Waals surface area contributed by atoms with Gasteiger partial charge in [-0.25, -0.2) is 0 Å². The third-order valence-electron chi connectivity index (χ3n) is 4.05. The van der Waals surface area contributed by atoms with Crippen LogP contribution in [0.15, 0.2) is 30.5 Å². The number of anilines is 1. The summed E-state index contributed by atoms with van der Waals surface area (Å²) in [7, 11) is 1.80. The monoisotopic (exact) mass is 256 g/mol. The first kappa shape index (κ1) is 12.4. The summed E-state index contributed by atoms with van der Waals surface area (Å²) in [6.07, 6.45) is 5.71. The lowest BCUT2D eigenvalue weighted by atomic mass is 10.1. The Morgan fingerprint density at radius 1 is 1.26 bits per heavy atom. The molecule has 1 fully saturated rings. The fourth-order valence-corrected chi connectivity index (χ4v) is 2.95. The number of ether oxygens (including phenoxy) is 1. The average Bonchev–Trinajstić information content (AvgIpc) is 2.88. The van der Waals surface area contributed by atoms with Crippen LogP contribution in [0.4, 0.5) is 5.69 Å². The Morgan fingerprint density at radius 3 is 2.95 bits per heavy atom. The van der Waals surface area contributed by atoms with E-state index in [1.54, 1.807) is 7.11 Å². The number of benzene rings is 1. The van der Waals surface area contributed by atoms with Crippen LogP contribution in [0.1, 0.15) is 24.8 Å². The Kier molecular flexibility index (Phi) is 3.38. The molecule has 2 atom stereocenters. The molecule has 3 rings (SSSR count). The molecule has 2 aromatic rings. The predicted molar refractivity (Wildman–Crippen MR) is 78.5 cm³/mol. The number of hydrogen-bond acceptors (Lipinski definition) is 3. The first-order chi connectivity index (χ1) is 9.28. The number of hydrogen-bond donors (Lipinski definition) is 1. The van der Waals surface area contributed by atoms with Crippen LogP contribution in [-0.4, -0.2) is 24.2 Å². The molecule has 19 heavy (non-hydrogen) atoms. The predicted octanol–water partition coefficient (Wildman–Crippen LogP) is 3.52. The van der Waals surface area contributed by atoms with Crippen molar-refractivity contribution < 1.29 is 4.74 Å². The molecular formula is C16H20N2O. The van der Waals surface area contributed by atoms with Gasteiger partial charge in [0.2, 0.25) is 0 Å². The van der Waals surface area contributed by atoms with Gasteiger partial charge in [0.1, 0.15) is 0 Å². The van der Waals surface area contributed by atoms with Crippen LogP contribution < -0.4 is 5.32 Å². The van der Waals surface area contributed by atoms with E-state index in [4.69, 9.17) is 4.74 Å². The van der Waals surface area contributed by atoms with Gasteiger partial charge in [0.05, 0.1) is 11.6 Å². The fraction of sp³-hybridized carbons (Fsp3) is 0.438. The molecule has 0 bridgehead atoms. The van der Waals surface area contributed by atoms with Gasteiger partial charge < -0.3 is 10.1 Å². The first-order valence-electron chi connectivity index (χ1n) is 6.91. The summed E-state index contributed by atoms with van der Waals surface area (Å²) in [5.41, 5.74) is 3.51. The van der Waals surface area contributed by atoms with E-state index >= 15 is 0 Å². The van der Waals surface area contributed by atoms with E-state index < -0.39 is 0 Å². The average molecular weight is 256 g/mol. The Hall–Kier alpha value is -1.61. The number of pyridine rings is 1. The zero-order valence-electron chi connectivity index (χ0n) is 11.5. The van der Waals surface area contributed by atoms with Crippen LogP contribution in [0.3, 0.4) is 0 Å². The molecule has 1 saturated carbocycles. The number of nitrogens with one attached hydrogen (secondary N) is 1. The summed E-state index contributed by atoms with van der Waals surface area (Å²) in [5.74, 6) is 0. The van der Waals surface area contributed by atoms with E-state index in [9.17, 15) is 0 Å². The van der Waals surface area contributed by atoms with Crippen molar-refractivity contribution >= 4 is 16.6 Å². The molecule has 1 heterocycles. The van der Waals surface area contributed by atoms with Gasteiger partial charge >= 0.3 is 0 Å². The molecule has 0 radical (unpaired) electrons. The van der Waals surface area contributed by atoms with Gasteiger partial charge in [0.15, 0.2) is 0 Å². The van der Waals surface area contributed by atoms with Crippen molar-refractivity contribution in [3.63, 3.8) is 0 Å². The van der Waals surface area contributed by atoms with Gasteiger partial charge in [0, 0.05) is 30.4 Å². The van der Waals surface area contributed by atoms with Gasteiger partial charge in [-0.2, -0.15) is 0 Å². The van der Waals surface area contributed by atoms with Crippen LogP contribution in [0.5, 0.6) is 0 Å². The minimum absolute atomic E-state index is 0.410. The Balaban J connectivity index is 1.87. The van der Waals surface area contributed by atoms with E-state index in [-0.39, 0.29) is 0 Å². The zero-order chi connectivity index (χ0) is 13.2. The van der Waals surface area contributed by atoms with Crippen molar-refractivity contribution in [2.45, 2.75) is 38.3 Å². The number of nitrogens with zero attached hydrogens (tertiary/aromatic N) is 1. The molecule has 3 heteroatoms. The summed E-state index contributed by atoms with van der Waals surface area (Å²) in [5, 5.41) is 4.87. The molecule has 0 saturated heterocycles. The number of rotatable bonds is 3. The van der Waals surface area contributed by atoms with Crippen LogP contribution in [0.25, 0.3) is 10.9 Å². The van der Waals surface area contributed by atoms with Crippen molar-refractivity contribution in [1.82, 2.24) is 4.98 Å². The van der Waals surface area contributed by atoms with Crippen molar-refractivity contribution in [1.29, 1.82) is 0 Å². The second kappa shape index (κ2) is 5.17. The van der Waals surface area contributed by atoms with Gasteiger partial charge in [-0.05, 0) is 37.8 Å². The van der Waals surface area contributed by atoms with Gasteiger partial charge in [0.25, 0.3) is 0 Å². The minimum Gasteiger partial charge on any atom is -0.382 e.